The molecular weight excluding hydrogens is 356 g/mol. The Kier molecular flexibility index (Phi) is 6.39. The van der Waals surface area contributed by atoms with Crippen LogP contribution in [0.1, 0.15) is 18.1 Å². The normalized spacial score (nSPS) is 13.3. The van der Waals surface area contributed by atoms with Crippen molar-refractivity contribution in [2.75, 3.05) is 13.2 Å². The third kappa shape index (κ3) is 5.50. The fourth-order valence-corrected chi connectivity index (χ4v) is 2.58. The average Bonchev–Trinajstić information content (AvgIpc) is 2.55. The Morgan fingerprint density at radius 2 is 1.87 bits per heavy atom. The van der Waals surface area contributed by atoms with Crippen molar-refractivity contribution in [1.29, 1.82) is 0 Å². The van der Waals surface area contributed by atoms with Gasteiger partial charge in [0.2, 0.25) is 0 Å². The lowest BCUT2D eigenvalue weighted by Gasteiger charge is -2.24. The molecule has 122 valence electrons. The summed E-state index contributed by atoms with van der Waals surface area (Å²) in [7, 11) is 0. The second-order valence-corrected chi connectivity index (χ2v) is 6.42. The summed E-state index contributed by atoms with van der Waals surface area (Å²) >= 11 is 3.48. The van der Waals surface area contributed by atoms with Crippen LogP contribution >= 0.6 is 15.9 Å². The van der Waals surface area contributed by atoms with Crippen LogP contribution in [0, 0.1) is 0 Å². The lowest BCUT2D eigenvalue weighted by molar-refractivity contribution is -0.0637. The fourth-order valence-electron chi connectivity index (χ4n) is 2.03. The number of ether oxygens (including phenoxy) is 2. The first-order valence-corrected chi connectivity index (χ1v) is 8.19. The van der Waals surface area contributed by atoms with E-state index in [2.05, 4.69) is 22.5 Å². The molecule has 23 heavy (non-hydrogen) atoms. The number of aliphatic hydroxyl groups is 1. The van der Waals surface area contributed by atoms with Gasteiger partial charge in [-0.05, 0) is 40.0 Å². The highest BCUT2D eigenvalue weighted by Gasteiger charge is 2.22. The van der Waals surface area contributed by atoms with Crippen molar-refractivity contribution >= 4 is 22.0 Å². The maximum atomic E-state index is 10.4. The van der Waals surface area contributed by atoms with Crippen LogP contribution in [0.15, 0.2) is 59.6 Å². The van der Waals surface area contributed by atoms with Crippen LogP contribution in [-0.4, -0.2) is 23.9 Å². The molecule has 1 unspecified atom stereocenters. The maximum Gasteiger partial charge on any atom is 0.134 e. The predicted molar refractivity (Wildman–Crippen MR) is 96.4 cm³/mol. The molecular formula is C19H21BrO3. The van der Waals surface area contributed by atoms with Gasteiger partial charge in [0.1, 0.15) is 18.0 Å². The van der Waals surface area contributed by atoms with Crippen molar-refractivity contribution in [2.45, 2.75) is 19.1 Å². The maximum absolute atomic E-state index is 10.4. The van der Waals surface area contributed by atoms with E-state index < -0.39 is 5.60 Å². The van der Waals surface area contributed by atoms with E-state index in [1.165, 1.54) is 0 Å². The minimum Gasteiger partial charge on any atom is -0.489 e. The zero-order chi connectivity index (χ0) is 16.7. The number of halogens is 1. The second-order valence-electron chi connectivity index (χ2n) is 5.63. The van der Waals surface area contributed by atoms with Crippen LogP contribution in [0.3, 0.4) is 0 Å². The molecule has 2 aromatic carbocycles. The van der Waals surface area contributed by atoms with Crippen LogP contribution in [0.5, 0.6) is 5.75 Å². The van der Waals surface area contributed by atoms with Gasteiger partial charge in [0.15, 0.2) is 0 Å². The molecule has 0 fully saturated rings. The van der Waals surface area contributed by atoms with E-state index in [1.54, 1.807) is 13.0 Å². The summed E-state index contributed by atoms with van der Waals surface area (Å²) in [6.07, 6.45) is 1.75. The third-order valence-corrected chi connectivity index (χ3v) is 4.12. The smallest absolute Gasteiger partial charge is 0.134 e. The van der Waals surface area contributed by atoms with Gasteiger partial charge in [-0.3, -0.25) is 0 Å². The Bertz CT molecular complexity index is 638. The van der Waals surface area contributed by atoms with E-state index >= 15 is 0 Å². The summed E-state index contributed by atoms with van der Waals surface area (Å²) in [5.41, 5.74) is 0.950. The first kappa shape index (κ1) is 17.7. The van der Waals surface area contributed by atoms with Crippen molar-refractivity contribution in [3.8, 4) is 5.75 Å². The van der Waals surface area contributed by atoms with Gasteiger partial charge in [0.05, 0.1) is 17.7 Å². The molecule has 0 heterocycles. The van der Waals surface area contributed by atoms with Crippen molar-refractivity contribution < 1.29 is 14.6 Å². The molecule has 1 atom stereocenters. The molecule has 0 aliphatic rings. The van der Waals surface area contributed by atoms with Crippen LogP contribution in [0.4, 0.5) is 0 Å². The molecule has 1 N–H and O–H groups in total. The summed E-state index contributed by atoms with van der Waals surface area (Å²) in [4.78, 5) is 0. The van der Waals surface area contributed by atoms with Crippen LogP contribution in [0.2, 0.25) is 0 Å². The quantitative estimate of drug-likeness (QED) is 0.739. The number of hydrogen-bond acceptors (Lipinski definition) is 3. The van der Waals surface area contributed by atoms with Gasteiger partial charge in [-0.2, -0.15) is 0 Å². The van der Waals surface area contributed by atoms with Crippen LogP contribution in [-0.2, 0) is 11.3 Å². The van der Waals surface area contributed by atoms with Gasteiger partial charge >= 0.3 is 0 Å². The summed E-state index contributed by atoms with van der Waals surface area (Å²) in [5.74, 6) is 0.672. The Morgan fingerprint density at radius 3 is 2.57 bits per heavy atom. The largest absolute Gasteiger partial charge is 0.489 e. The first-order valence-electron chi connectivity index (χ1n) is 7.40. The zero-order valence-electron chi connectivity index (χ0n) is 13.2. The van der Waals surface area contributed by atoms with Crippen molar-refractivity contribution in [3.05, 3.63) is 70.7 Å². The topological polar surface area (TPSA) is 38.7 Å². The summed E-state index contributed by atoms with van der Waals surface area (Å²) in [6.45, 7) is 6.25. The van der Waals surface area contributed by atoms with E-state index in [0.717, 1.165) is 15.6 Å². The molecule has 0 amide bonds. The van der Waals surface area contributed by atoms with Gasteiger partial charge < -0.3 is 14.6 Å². The molecule has 0 saturated heterocycles. The number of rotatable bonds is 8. The SMILES string of the molecule is C=Cc1cccc(OCC(C)(O)COCc2ccccc2)c1Br. The fraction of sp³-hybridized carbons (Fsp3) is 0.263. The van der Waals surface area contributed by atoms with E-state index in [0.29, 0.717) is 12.4 Å². The lowest BCUT2D eigenvalue weighted by atomic mass is 10.1. The van der Waals surface area contributed by atoms with Gasteiger partial charge in [0, 0.05) is 0 Å². The third-order valence-electron chi connectivity index (χ3n) is 3.28. The number of hydrogen-bond donors (Lipinski definition) is 1. The molecule has 0 aromatic heterocycles. The summed E-state index contributed by atoms with van der Waals surface area (Å²) in [6, 6.07) is 15.5. The standard InChI is InChI=1S/C19H21BrO3/c1-3-16-10-7-11-17(18(16)20)23-14-19(2,21)13-22-12-15-8-5-4-6-9-15/h3-11,21H,1,12-14H2,2H3. The molecule has 2 rings (SSSR count). The van der Waals surface area contributed by atoms with Gasteiger partial charge in [-0.1, -0.05) is 55.1 Å². The predicted octanol–water partition coefficient (Wildman–Crippen LogP) is 4.44. The van der Waals surface area contributed by atoms with Crippen molar-refractivity contribution in [2.24, 2.45) is 0 Å². The monoisotopic (exact) mass is 376 g/mol. The Balaban J connectivity index is 1.85. The van der Waals surface area contributed by atoms with Gasteiger partial charge in [-0.15, -0.1) is 0 Å². The Labute approximate surface area is 145 Å². The summed E-state index contributed by atoms with van der Waals surface area (Å²) < 4.78 is 12.1. The molecule has 0 spiro atoms. The number of benzene rings is 2. The molecule has 0 saturated carbocycles. The minimum absolute atomic E-state index is 0.140. The van der Waals surface area contributed by atoms with Crippen molar-refractivity contribution in [3.63, 3.8) is 0 Å². The zero-order valence-corrected chi connectivity index (χ0v) is 14.8. The van der Waals surface area contributed by atoms with E-state index in [4.69, 9.17) is 9.47 Å². The van der Waals surface area contributed by atoms with E-state index in [9.17, 15) is 5.11 Å². The second kappa shape index (κ2) is 8.29. The molecule has 0 radical (unpaired) electrons. The minimum atomic E-state index is -1.07. The van der Waals surface area contributed by atoms with E-state index in [1.807, 2.05) is 48.5 Å². The first-order chi connectivity index (χ1) is 11.0. The van der Waals surface area contributed by atoms with Gasteiger partial charge in [-0.25, -0.2) is 0 Å². The van der Waals surface area contributed by atoms with Crippen LogP contribution in [0.25, 0.3) is 6.08 Å². The van der Waals surface area contributed by atoms with Crippen LogP contribution < -0.4 is 4.74 Å². The molecule has 0 aliphatic carbocycles. The Morgan fingerprint density at radius 1 is 1.13 bits per heavy atom. The molecule has 2 aromatic rings. The van der Waals surface area contributed by atoms with Crippen molar-refractivity contribution in [1.82, 2.24) is 0 Å². The molecule has 3 nitrogen and oxygen atoms in total. The highest BCUT2D eigenvalue weighted by atomic mass is 79.9. The highest BCUT2D eigenvalue weighted by Crippen LogP contribution is 2.29. The highest BCUT2D eigenvalue weighted by molar-refractivity contribution is 9.10. The van der Waals surface area contributed by atoms with Gasteiger partial charge in [0.25, 0.3) is 0 Å². The summed E-state index contributed by atoms with van der Waals surface area (Å²) in [5, 5.41) is 10.4. The average molecular weight is 377 g/mol. The lowest BCUT2D eigenvalue weighted by Crippen LogP contribution is -2.37. The van der Waals surface area contributed by atoms with E-state index in [-0.39, 0.29) is 13.2 Å². The molecule has 0 aliphatic heterocycles. The Hall–Kier alpha value is -1.62. The molecule has 0 bridgehead atoms. The molecule has 4 heteroatoms.